The standard InChI is InChI=1S/C2H2AsBO/c1-2-5-3-4-1/h1-2H. The molecule has 3 heteroatoms. The van der Waals surface area contributed by atoms with E-state index in [0.717, 1.165) is 0 Å². The van der Waals surface area contributed by atoms with Gasteiger partial charge < -0.3 is 0 Å². The third-order valence-electron chi connectivity index (χ3n) is 0.347. The molecule has 1 aliphatic rings. The van der Waals surface area contributed by atoms with Gasteiger partial charge in [-0.2, -0.15) is 0 Å². The first kappa shape index (κ1) is 3.36. The van der Waals surface area contributed by atoms with Crippen molar-refractivity contribution in [2.75, 3.05) is 0 Å². The summed E-state index contributed by atoms with van der Waals surface area (Å²) in [6.07, 6.45) is 1.72. The van der Waals surface area contributed by atoms with E-state index in [1.54, 1.807) is 6.26 Å². The van der Waals surface area contributed by atoms with Crippen LogP contribution in [0.15, 0.2) is 12.2 Å². The second-order valence-corrected chi connectivity index (χ2v) is 2.20. The molecule has 0 N–H and O–H groups in total. The van der Waals surface area contributed by atoms with Gasteiger partial charge >= 0.3 is 37.0 Å². The molecule has 0 spiro atoms. The second kappa shape index (κ2) is 1.56. The van der Waals surface area contributed by atoms with Crippen LogP contribution in [0.3, 0.4) is 0 Å². The van der Waals surface area contributed by atoms with E-state index < -0.39 is 0 Å². The Morgan fingerprint density at radius 1 is 1.80 bits per heavy atom. The van der Waals surface area contributed by atoms with E-state index in [9.17, 15) is 0 Å². The molecule has 0 aliphatic carbocycles. The normalized spacial score (nSPS) is 17.6. The number of hydrogen-bond acceptors (Lipinski definition) is 1. The first-order valence-corrected chi connectivity index (χ1v) is 3.19. The Hall–Kier alpha value is 0.163. The van der Waals surface area contributed by atoms with Crippen molar-refractivity contribution in [1.82, 2.24) is 0 Å². The van der Waals surface area contributed by atoms with Gasteiger partial charge in [-0.15, -0.1) is 0 Å². The summed E-state index contributed by atoms with van der Waals surface area (Å²) < 4.78 is 4.80. The zero-order valence-electron chi connectivity index (χ0n) is 2.59. The predicted octanol–water partition coefficient (Wildman–Crippen LogP) is -0.274. The van der Waals surface area contributed by atoms with E-state index in [2.05, 4.69) is 5.55 Å². The van der Waals surface area contributed by atoms with Crippen molar-refractivity contribution >= 4 is 21.0 Å². The number of hydrogen-bond donors (Lipinski definition) is 0. The van der Waals surface area contributed by atoms with Crippen molar-refractivity contribution in [3.8, 4) is 0 Å². The Balaban J connectivity index is 2.61. The van der Waals surface area contributed by atoms with Gasteiger partial charge in [-0.1, -0.05) is 0 Å². The van der Waals surface area contributed by atoms with Gasteiger partial charge in [-0.3, -0.25) is 0 Å². The summed E-state index contributed by atoms with van der Waals surface area (Å²) in [6.45, 7) is 0. The summed E-state index contributed by atoms with van der Waals surface area (Å²) in [5.41, 5.74) is 2.05. The fourth-order valence-electron chi connectivity index (χ4n) is 0.176. The van der Waals surface area contributed by atoms with Crippen LogP contribution in [0, 0.1) is 0 Å². The van der Waals surface area contributed by atoms with Crippen LogP contribution < -0.4 is 0 Å². The summed E-state index contributed by atoms with van der Waals surface area (Å²) in [6, 6.07) is 0. The molecule has 0 saturated carbocycles. The third-order valence-corrected chi connectivity index (χ3v) is 1.47. The van der Waals surface area contributed by atoms with E-state index in [4.69, 9.17) is 3.73 Å². The van der Waals surface area contributed by atoms with Crippen molar-refractivity contribution in [3.63, 3.8) is 0 Å². The topological polar surface area (TPSA) is 9.23 Å². The van der Waals surface area contributed by atoms with Crippen LogP contribution in [0.2, 0.25) is 0 Å². The van der Waals surface area contributed by atoms with Gasteiger partial charge in [0.1, 0.15) is 0 Å². The van der Waals surface area contributed by atoms with E-state index in [-0.39, 0.29) is 15.5 Å². The molecule has 0 amide bonds. The molecule has 0 aromatic heterocycles. The molecule has 5 heavy (non-hydrogen) atoms. The Kier molecular flexibility index (Phi) is 1.05. The van der Waals surface area contributed by atoms with Gasteiger partial charge in [-0.05, 0) is 0 Å². The average Bonchev–Trinajstić information content (AvgIpc) is 1.76. The molecule has 0 aromatic rings. The van der Waals surface area contributed by atoms with E-state index in [1.807, 2.05) is 5.98 Å². The zero-order chi connectivity index (χ0) is 3.54. The van der Waals surface area contributed by atoms with Gasteiger partial charge in [0.2, 0.25) is 0 Å². The minimum atomic E-state index is 0.118. The monoisotopic (exact) mass is 128 g/mol. The van der Waals surface area contributed by atoms with Crippen LogP contribution in [-0.4, -0.2) is 21.0 Å². The molecular formula is C2H2AsBO. The second-order valence-electron chi connectivity index (χ2n) is 0.688. The molecule has 0 radical (unpaired) electrons. The predicted molar refractivity (Wildman–Crippen MR) is 21.7 cm³/mol. The molecule has 24 valence electrons. The van der Waals surface area contributed by atoms with Gasteiger partial charge in [-0.25, -0.2) is 0 Å². The molecule has 1 aliphatic heterocycles. The van der Waals surface area contributed by atoms with Crippen molar-refractivity contribution in [3.05, 3.63) is 12.2 Å². The van der Waals surface area contributed by atoms with Gasteiger partial charge in [0.05, 0.1) is 0 Å². The maximum absolute atomic E-state index is 4.80. The molecule has 1 rings (SSSR count). The molecule has 1 heterocycles. The molecule has 1 nitrogen and oxygen atoms in total. The molecule has 0 unspecified atom stereocenters. The first-order valence-electron chi connectivity index (χ1n) is 1.34. The van der Waals surface area contributed by atoms with Crippen molar-refractivity contribution in [2.45, 2.75) is 0 Å². The Morgan fingerprint density at radius 3 is 3.00 bits per heavy atom. The third kappa shape index (κ3) is 0.731. The summed E-state index contributed by atoms with van der Waals surface area (Å²) >= 11 is 0.118. The maximum atomic E-state index is 4.80. The Morgan fingerprint density at radius 2 is 2.80 bits per heavy atom. The number of rotatable bonds is 0. The van der Waals surface area contributed by atoms with E-state index in [0.29, 0.717) is 0 Å². The van der Waals surface area contributed by atoms with Crippen molar-refractivity contribution in [2.24, 2.45) is 0 Å². The van der Waals surface area contributed by atoms with Gasteiger partial charge in [0, 0.05) is 0 Å². The van der Waals surface area contributed by atoms with Crippen LogP contribution >= 0.6 is 0 Å². The van der Waals surface area contributed by atoms with Gasteiger partial charge in [0.25, 0.3) is 0 Å². The molecule has 0 fully saturated rings. The molecule has 0 bridgehead atoms. The Labute approximate surface area is 37.6 Å². The summed E-state index contributed by atoms with van der Waals surface area (Å²) in [7, 11) is 0. The SMILES string of the molecule is B1=[As]OC=C1. The van der Waals surface area contributed by atoms with E-state index in [1.165, 1.54) is 0 Å². The molecule has 0 saturated heterocycles. The van der Waals surface area contributed by atoms with Crippen LogP contribution in [0.5, 0.6) is 0 Å². The molecule has 0 aromatic carbocycles. The fraction of sp³-hybridized carbons (Fsp3) is 0. The van der Waals surface area contributed by atoms with Crippen molar-refractivity contribution in [1.29, 1.82) is 0 Å². The zero-order valence-corrected chi connectivity index (χ0v) is 4.46. The summed E-state index contributed by atoms with van der Waals surface area (Å²) in [5, 5.41) is 0. The summed E-state index contributed by atoms with van der Waals surface area (Å²) in [4.78, 5) is 0. The van der Waals surface area contributed by atoms with Crippen LogP contribution in [0.4, 0.5) is 0 Å². The first-order chi connectivity index (χ1) is 2.50. The fourth-order valence-corrected chi connectivity index (χ4v) is 0.913. The minimum absolute atomic E-state index is 0.118. The summed E-state index contributed by atoms with van der Waals surface area (Å²) in [5.74, 6) is 1.93. The quantitative estimate of drug-likeness (QED) is 0.407. The van der Waals surface area contributed by atoms with Crippen LogP contribution in [-0.2, 0) is 3.73 Å². The van der Waals surface area contributed by atoms with Crippen LogP contribution in [0.25, 0.3) is 0 Å². The average molecular weight is 128 g/mol. The molecular weight excluding hydrogens is 126 g/mol. The molecule has 0 atom stereocenters. The van der Waals surface area contributed by atoms with E-state index >= 15 is 0 Å². The van der Waals surface area contributed by atoms with Crippen molar-refractivity contribution < 1.29 is 3.73 Å². The Bertz CT molecular complexity index is 67.7. The van der Waals surface area contributed by atoms with Gasteiger partial charge in [0.15, 0.2) is 0 Å². The van der Waals surface area contributed by atoms with Crippen LogP contribution in [0.1, 0.15) is 0 Å².